The van der Waals surface area contributed by atoms with Gasteiger partial charge in [-0.2, -0.15) is 5.26 Å². The summed E-state index contributed by atoms with van der Waals surface area (Å²) in [5.74, 6) is -0.307. The third-order valence-electron chi connectivity index (χ3n) is 2.29. The van der Waals surface area contributed by atoms with Crippen LogP contribution < -0.4 is 0 Å². The minimum atomic E-state index is -0.307. The van der Waals surface area contributed by atoms with Gasteiger partial charge in [-0.1, -0.05) is 36.4 Å². The number of halogens is 1. The Morgan fingerprint density at radius 3 is 2.44 bits per heavy atom. The summed E-state index contributed by atoms with van der Waals surface area (Å²) in [5.41, 5.74) is 1.73. The highest BCUT2D eigenvalue weighted by molar-refractivity contribution is 9.10. The Kier molecular flexibility index (Phi) is 3.33. The molecule has 0 aliphatic heterocycles. The Hall–Kier alpha value is -1.66. The first-order valence-electron chi connectivity index (χ1n) is 4.88. The quantitative estimate of drug-likeness (QED) is 0.785. The number of hydrogen-bond donors (Lipinski definition) is 0. The van der Waals surface area contributed by atoms with Crippen LogP contribution >= 0.6 is 15.9 Å². The lowest BCUT2D eigenvalue weighted by molar-refractivity contribution is 0.957. The van der Waals surface area contributed by atoms with Crippen LogP contribution in [-0.2, 0) is 0 Å². The number of aromatic nitrogens is 1. The van der Waals surface area contributed by atoms with Crippen molar-refractivity contribution in [2.24, 2.45) is 0 Å². The standard InChI is InChI=1S/C13H9BrN2/c14-13-8-4-7-12(16-13)11(9-15)10-5-2-1-3-6-10/h1-8,11H/t11-/m0/s1. The number of rotatable bonds is 2. The fraction of sp³-hybridized carbons (Fsp3) is 0.0769. The van der Waals surface area contributed by atoms with E-state index < -0.39 is 0 Å². The van der Waals surface area contributed by atoms with Gasteiger partial charge in [-0.05, 0) is 33.6 Å². The number of pyridine rings is 1. The van der Waals surface area contributed by atoms with Crippen LogP contribution in [0.25, 0.3) is 0 Å². The summed E-state index contributed by atoms with van der Waals surface area (Å²) < 4.78 is 0.751. The lowest BCUT2D eigenvalue weighted by Crippen LogP contribution is -2.00. The Labute approximate surface area is 103 Å². The van der Waals surface area contributed by atoms with Crippen molar-refractivity contribution >= 4 is 15.9 Å². The van der Waals surface area contributed by atoms with Gasteiger partial charge < -0.3 is 0 Å². The van der Waals surface area contributed by atoms with Crippen molar-refractivity contribution in [1.29, 1.82) is 5.26 Å². The van der Waals surface area contributed by atoms with E-state index in [9.17, 15) is 5.26 Å². The molecule has 0 aliphatic rings. The maximum atomic E-state index is 9.22. The van der Waals surface area contributed by atoms with E-state index in [2.05, 4.69) is 27.0 Å². The van der Waals surface area contributed by atoms with E-state index in [4.69, 9.17) is 0 Å². The molecular weight excluding hydrogens is 264 g/mol. The summed E-state index contributed by atoms with van der Waals surface area (Å²) in [4.78, 5) is 4.31. The minimum Gasteiger partial charge on any atom is -0.244 e. The van der Waals surface area contributed by atoms with E-state index in [0.717, 1.165) is 15.9 Å². The topological polar surface area (TPSA) is 36.7 Å². The third-order valence-corrected chi connectivity index (χ3v) is 2.74. The predicted molar refractivity (Wildman–Crippen MR) is 65.8 cm³/mol. The van der Waals surface area contributed by atoms with Crippen LogP contribution in [0.3, 0.4) is 0 Å². The van der Waals surface area contributed by atoms with Crippen LogP contribution in [0.4, 0.5) is 0 Å². The highest BCUT2D eigenvalue weighted by Gasteiger charge is 2.14. The van der Waals surface area contributed by atoms with Crippen molar-refractivity contribution < 1.29 is 0 Å². The van der Waals surface area contributed by atoms with E-state index in [1.807, 2.05) is 48.5 Å². The Morgan fingerprint density at radius 2 is 1.81 bits per heavy atom. The van der Waals surface area contributed by atoms with Gasteiger partial charge in [0.1, 0.15) is 10.5 Å². The predicted octanol–water partition coefficient (Wildman–Crippen LogP) is 3.50. The molecule has 3 heteroatoms. The molecule has 2 nitrogen and oxygen atoms in total. The molecule has 0 N–H and O–H groups in total. The van der Waals surface area contributed by atoms with E-state index >= 15 is 0 Å². The Bertz CT molecular complexity index is 517. The summed E-state index contributed by atoms with van der Waals surface area (Å²) >= 11 is 3.31. The highest BCUT2D eigenvalue weighted by atomic mass is 79.9. The van der Waals surface area contributed by atoms with Crippen LogP contribution in [-0.4, -0.2) is 4.98 Å². The van der Waals surface area contributed by atoms with Crippen molar-refractivity contribution in [3.8, 4) is 6.07 Å². The molecule has 0 saturated carbocycles. The normalized spacial score (nSPS) is 11.8. The third kappa shape index (κ3) is 2.29. The van der Waals surface area contributed by atoms with Crippen molar-refractivity contribution in [3.63, 3.8) is 0 Å². The maximum absolute atomic E-state index is 9.22. The monoisotopic (exact) mass is 272 g/mol. The number of benzene rings is 1. The zero-order valence-electron chi connectivity index (χ0n) is 8.47. The molecular formula is C13H9BrN2. The largest absolute Gasteiger partial charge is 0.244 e. The van der Waals surface area contributed by atoms with Gasteiger partial charge in [-0.3, -0.25) is 0 Å². The summed E-state index contributed by atoms with van der Waals surface area (Å²) in [7, 11) is 0. The molecule has 0 amide bonds. The molecule has 0 spiro atoms. The molecule has 1 aromatic heterocycles. The van der Waals surface area contributed by atoms with Crippen molar-refractivity contribution in [2.45, 2.75) is 5.92 Å². The molecule has 0 saturated heterocycles. The molecule has 1 aromatic carbocycles. The molecule has 0 bridgehead atoms. The number of nitriles is 1. The van der Waals surface area contributed by atoms with E-state index in [-0.39, 0.29) is 5.92 Å². The lowest BCUT2D eigenvalue weighted by atomic mass is 9.97. The summed E-state index contributed by atoms with van der Waals surface area (Å²) in [5, 5.41) is 9.22. The van der Waals surface area contributed by atoms with Gasteiger partial charge in [-0.25, -0.2) is 4.98 Å². The average Bonchev–Trinajstić information content (AvgIpc) is 2.31. The lowest BCUT2D eigenvalue weighted by Gasteiger charge is -2.08. The van der Waals surface area contributed by atoms with Crippen LogP contribution in [0.5, 0.6) is 0 Å². The first-order valence-corrected chi connectivity index (χ1v) is 5.67. The van der Waals surface area contributed by atoms with Gasteiger partial charge >= 0.3 is 0 Å². The second-order valence-electron chi connectivity index (χ2n) is 3.36. The molecule has 0 radical (unpaired) electrons. The van der Waals surface area contributed by atoms with Crippen LogP contribution in [0.1, 0.15) is 17.2 Å². The molecule has 2 aromatic rings. The fourth-order valence-electron chi connectivity index (χ4n) is 1.54. The van der Waals surface area contributed by atoms with E-state index in [1.165, 1.54) is 0 Å². The Morgan fingerprint density at radius 1 is 1.06 bits per heavy atom. The summed E-state index contributed by atoms with van der Waals surface area (Å²) in [6.07, 6.45) is 0. The zero-order valence-corrected chi connectivity index (χ0v) is 10.1. The SMILES string of the molecule is N#C[C@@H](c1ccccc1)c1cccc(Br)n1. The van der Waals surface area contributed by atoms with Crippen molar-refractivity contribution in [2.75, 3.05) is 0 Å². The Balaban J connectivity index is 2.42. The molecule has 1 atom stereocenters. The first-order chi connectivity index (χ1) is 7.81. The molecule has 0 fully saturated rings. The van der Waals surface area contributed by atoms with Crippen molar-refractivity contribution in [3.05, 3.63) is 64.4 Å². The molecule has 0 unspecified atom stereocenters. The number of nitrogens with zero attached hydrogens (tertiary/aromatic N) is 2. The van der Waals surface area contributed by atoms with Gasteiger partial charge in [0, 0.05) is 0 Å². The van der Waals surface area contributed by atoms with Crippen LogP contribution in [0.15, 0.2) is 53.1 Å². The van der Waals surface area contributed by atoms with Gasteiger partial charge in [0.15, 0.2) is 0 Å². The van der Waals surface area contributed by atoms with Crippen molar-refractivity contribution in [1.82, 2.24) is 4.98 Å². The van der Waals surface area contributed by atoms with E-state index in [1.54, 1.807) is 0 Å². The molecule has 0 aliphatic carbocycles. The van der Waals surface area contributed by atoms with E-state index in [0.29, 0.717) is 0 Å². The maximum Gasteiger partial charge on any atom is 0.113 e. The zero-order chi connectivity index (χ0) is 11.4. The smallest absolute Gasteiger partial charge is 0.113 e. The van der Waals surface area contributed by atoms with Gasteiger partial charge in [0.25, 0.3) is 0 Å². The molecule has 78 valence electrons. The molecule has 2 rings (SSSR count). The average molecular weight is 273 g/mol. The second kappa shape index (κ2) is 4.91. The van der Waals surface area contributed by atoms with Gasteiger partial charge in [0.2, 0.25) is 0 Å². The second-order valence-corrected chi connectivity index (χ2v) is 4.17. The summed E-state index contributed by atoms with van der Waals surface area (Å²) in [6.45, 7) is 0. The molecule has 1 heterocycles. The fourth-order valence-corrected chi connectivity index (χ4v) is 1.90. The van der Waals surface area contributed by atoms with Gasteiger partial charge in [-0.15, -0.1) is 0 Å². The first kappa shape index (κ1) is 10.8. The van der Waals surface area contributed by atoms with Crippen LogP contribution in [0.2, 0.25) is 0 Å². The van der Waals surface area contributed by atoms with Crippen LogP contribution in [0, 0.1) is 11.3 Å². The minimum absolute atomic E-state index is 0.307. The number of hydrogen-bond acceptors (Lipinski definition) is 2. The summed E-state index contributed by atoms with van der Waals surface area (Å²) in [6, 6.07) is 17.6. The van der Waals surface area contributed by atoms with Gasteiger partial charge in [0.05, 0.1) is 11.8 Å². The molecule has 16 heavy (non-hydrogen) atoms. The highest BCUT2D eigenvalue weighted by Crippen LogP contribution is 2.23.